The maximum Gasteiger partial charge on any atom is 0.222 e. The Hall–Kier alpha value is -2.10. The van der Waals surface area contributed by atoms with Crippen molar-refractivity contribution in [1.29, 1.82) is 0 Å². The van der Waals surface area contributed by atoms with Crippen molar-refractivity contribution in [3.63, 3.8) is 0 Å². The van der Waals surface area contributed by atoms with Gasteiger partial charge in [-0.05, 0) is 12.1 Å². The van der Waals surface area contributed by atoms with E-state index < -0.39 is 0 Å². The summed E-state index contributed by atoms with van der Waals surface area (Å²) in [6, 6.07) is 9.89. The van der Waals surface area contributed by atoms with Crippen LogP contribution < -0.4 is 5.32 Å². The Labute approximate surface area is 107 Å². The van der Waals surface area contributed by atoms with Gasteiger partial charge in [0.2, 0.25) is 5.91 Å². The van der Waals surface area contributed by atoms with Gasteiger partial charge >= 0.3 is 0 Å². The van der Waals surface area contributed by atoms with Gasteiger partial charge in [-0.2, -0.15) is 5.10 Å². The summed E-state index contributed by atoms with van der Waals surface area (Å²) < 4.78 is 1.80. The summed E-state index contributed by atoms with van der Waals surface area (Å²) in [7, 11) is 0. The Morgan fingerprint density at radius 1 is 1.33 bits per heavy atom. The minimum atomic E-state index is 0.00849. The molecule has 0 fully saturated rings. The largest absolute Gasteiger partial charge is 0.352 e. The van der Waals surface area contributed by atoms with Crippen LogP contribution in [0.2, 0.25) is 0 Å². The summed E-state index contributed by atoms with van der Waals surface area (Å²) in [5.74, 6) is 0.0663. The number of hydrogen-bond donors (Lipinski definition) is 1. The molecule has 1 aromatic heterocycles. The van der Waals surface area contributed by atoms with Gasteiger partial charge in [-0.3, -0.25) is 4.79 Å². The van der Waals surface area contributed by atoms with Crippen LogP contribution in [-0.2, 0) is 11.3 Å². The van der Waals surface area contributed by atoms with Crippen LogP contribution in [0.1, 0.15) is 19.4 Å². The molecule has 0 saturated carbocycles. The predicted molar refractivity (Wildman–Crippen MR) is 70.2 cm³/mol. The zero-order valence-electron chi connectivity index (χ0n) is 10.6. The van der Waals surface area contributed by atoms with Crippen LogP contribution in [0, 0.1) is 5.92 Å². The molecule has 0 spiro atoms. The van der Waals surface area contributed by atoms with Crippen molar-refractivity contribution in [3.8, 4) is 5.69 Å². The average molecular weight is 243 g/mol. The van der Waals surface area contributed by atoms with Crippen molar-refractivity contribution in [3.05, 3.63) is 48.3 Å². The lowest BCUT2D eigenvalue weighted by Gasteiger charge is -2.05. The van der Waals surface area contributed by atoms with Crippen LogP contribution in [0.3, 0.4) is 0 Å². The van der Waals surface area contributed by atoms with Crippen molar-refractivity contribution < 1.29 is 4.79 Å². The van der Waals surface area contributed by atoms with E-state index in [-0.39, 0.29) is 11.8 Å². The number of amides is 1. The molecule has 94 valence electrons. The van der Waals surface area contributed by atoms with Gasteiger partial charge in [0.25, 0.3) is 0 Å². The van der Waals surface area contributed by atoms with E-state index in [0.29, 0.717) is 6.54 Å². The maximum absolute atomic E-state index is 11.5. The lowest BCUT2D eigenvalue weighted by molar-refractivity contribution is -0.124. The Kier molecular flexibility index (Phi) is 3.77. The number of carbonyl (C=O) groups is 1. The van der Waals surface area contributed by atoms with E-state index in [4.69, 9.17) is 0 Å². The number of hydrogen-bond acceptors (Lipinski definition) is 2. The molecule has 4 heteroatoms. The van der Waals surface area contributed by atoms with Gasteiger partial charge in [0.05, 0.1) is 11.9 Å². The highest BCUT2D eigenvalue weighted by Crippen LogP contribution is 2.07. The van der Waals surface area contributed by atoms with Crippen molar-refractivity contribution in [2.75, 3.05) is 0 Å². The first-order valence-electron chi connectivity index (χ1n) is 6.03. The van der Waals surface area contributed by atoms with Gasteiger partial charge in [0.15, 0.2) is 0 Å². The molecular weight excluding hydrogens is 226 g/mol. The molecular formula is C14H17N3O. The molecule has 0 saturated heterocycles. The van der Waals surface area contributed by atoms with E-state index in [9.17, 15) is 4.79 Å². The molecule has 1 heterocycles. The quantitative estimate of drug-likeness (QED) is 0.894. The van der Waals surface area contributed by atoms with E-state index >= 15 is 0 Å². The normalized spacial score (nSPS) is 10.6. The smallest absolute Gasteiger partial charge is 0.222 e. The van der Waals surface area contributed by atoms with Gasteiger partial charge in [-0.25, -0.2) is 4.68 Å². The molecule has 2 aromatic rings. The molecule has 0 radical (unpaired) electrons. The monoisotopic (exact) mass is 243 g/mol. The molecule has 18 heavy (non-hydrogen) atoms. The Bertz CT molecular complexity index is 517. The van der Waals surface area contributed by atoms with Crippen LogP contribution in [0.25, 0.3) is 5.69 Å². The zero-order chi connectivity index (χ0) is 13.0. The van der Waals surface area contributed by atoms with Crippen LogP contribution in [-0.4, -0.2) is 15.7 Å². The molecule has 0 bridgehead atoms. The standard InChI is InChI=1S/C14H17N3O/c1-11(2)14(18)15-8-12-9-16-17(10-12)13-6-4-3-5-7-13/h3-7,9-11H,8H2,1-2H3,(H,15,18). The van der Waals surface area contributed by atoms with Crippen molar-refractivity contribution >= 4 is 5.91 Å². The Morgan fingerprint density at radius 2 is 2.06 bits per heavy atom. The second-order valence-corrected chi connectivity index (χ2v) is 4.50. The van der Waals surface area contributed by atoms with E-state index in [1.54, 1.807) is 10.9 Å². The van der Waals surface area contributed by atoms with Crippen LogP contribution in [0.15, 0.2) is 42.7 Å². The molecule has 1 amide bonds. The average Bonchev–Trinajstić information content (AvgIpc) is 2.85. The Morgan fingerprint density at radius 3 is 2.72 bits per heavy atom. The van der Waals surface area contributed by atoms with Gasteiger partial charge in [0, 0.05) is 24.2 Å². The lowest BCUT2D eigenvalue weighted by atomic mass is 10.2. The molecule has 0 aliphatic rings. The van der Waals surface area contributed by atoms with Gasteiger partial charge in [-0.15, -0.1) is 0 Å². The lowest BCUT2D eigenvalue weighted by Crippen LogP contribution is -2.26. The van der Waals surface area contributed by atoms with E-state index in [2.05, 4.69) is 10.4 Å². The summed E-state index contributed by atoms with van der Waals surface area (Å²) in [4.78, 5) is 11.5. The molecule has 1 aromatic carbocycles. The fourth-order valence-corrected chi connectivity index (χ4v) is 1.57. The molecule has 2 rings (SSSR count). The summed E-state index contributed by atoms with van der Waals surface area (Å²) in [6.45, 7) is 4.27. The fourth-order valence-electron chi connectivity index (χ4n) is 1.57. The van der Waals surface area contributed by atoms with Crippen LogP contribution in [0.5, 0.6) is 0 Å². The highest BCUT2D eigenvalue weighted by Gasteiger charge is 2.07. The number of rotatable bonds is 4. The number of carbonyl (C=O) groups excluding carboxylic acids is 1. The number of aromatic nitrogens is 2. The number of para-hydroxylation sites is 1. The predicted octanol–water partition coefficient (Wildman–Crippen LogP) is 2.14. The molecule has 0 unspecified atom stereocenters. The summed E-state index contributed by atoms with van der Waals surface area (Å²) >= 11 is 0. The molecule has 0 atom stereocenters. The third kappa shape index (κ3) is 2.97. The van der Waals surface area contributed by atoms with Crippen molar-refractivity contribution in [1.82, 2.24) is 15.1 Å². The van der Waals surface area contributed by atoms with E-state index in [0.717, 1.165) is 11.3 Å². The second-order valence-electron chi connectivity index (χ2n) is 4.50. The van der Waals surface area contributed by atoms with Gasteiger partial charge in [0.1, 0.15) is 0 Å². The summed E-state index contributed by atoms with van der Waals surface area (Å²) in [5.41, 5.74) is 2.01. The SMILES string of the molecule is CC(C)C(=O)NCc1cnn(-c2ccccc2)c1. The van der Waals surface area contributed by atoms with E-state index in [1.165, 1.54) is 0 Å². The molecule has 0 aliphatic heterocycles. The maximum atomic E-state index is 11.5. The van der Waals surface area contributed by atoms with Gasteiger partial charge in [-0.1, -0.05) is 32.0 Å². The molecule has 1 N–H and O–H groups in total. The summed E-state index contributed by atoms with van der Waals surface area (Å²) in [6.07, 6.45) is 3.70. The third-order valence-electron chi connectivity index (χ3n) is 2.65. The highest BCUT2D eigenvalue weighted by molar-refractivity contribution is 5.77. The first kappa shape index (κ1) is 12.4. The molecule has 0 aliphatic carbocycles. The number of benzene rings is 1. The summed E-state index contributed by atoms with van der Waals surface area (Å²) in [5, 5.41) is 7.15. The van der Waals surface area contributed by atoms with Gasteiger partial charge < -0.3 is 5.32 Å². The number of nitrogens with one attached hydrogen (secondary N) is 1. The Balaban J connectivity index is 2.01. The number of nitrogens with zero attached hydrogens (tertiary/aromatic N) is 2. The van der Waals surface area contributed by atoms with Crippen molar-refractivity contribution in [2.45, 2.75) is 20.4 Å². The van der Waals surface area contributed by atoms with Crippen molar-refractivity contribution in [2.24, 2.45) is 5.92 Å². The first-order chi connectivity index (χ1) is 8.66. The first-order valence-corrected chi connectivity index (χ1v) is 6.03. The fraction of sp³-hybridized carbons (Fsp3) is 0.286. The van der Waals surface area contributed by atoms with Crippen LogP contribution >= 0.6 is 0 Å². The minimum absolute atomic E-state index is 0.00849. The third-order valence-corrected chi connectivity index (χ3v) is 2.65. The van der Waals surface area contributed by atoms with Crippen LogP contribution in [0.4, 0.5) is 0 Å². The minimum Gasteiger partial charge on any atom is -0.352 e. The zero-order valence-corrected chi connectivity index (χ0v) is 10.6. The highest BCUT2D eigenvalue weighted by atomic mass is 16.1. The second kappa shape index (κ2) is 5.49. The topological polar surface area (TPSA) is 46.9 Å². The molecule has 4 nitrogen and oxygen atoms in total. The van der Waals surface area contributed by atoms with E-state index in [1.807, 2.05) is 50.4 Å².